The van der Waals surface area contributed by atoms with E-state index < -0.39 is 0 Å². The van der Waals surface area contributed by atoms with Crippen molar-refractivity contribution in [1.82, 2.24) is 20.2 Å². The van der Waals surface area contributed by atoms with Crippen LogP contribution in [0, 0.1) is 0 Å². The molecule has 6 heteroatoms. The average Bonchev–Trinajstić information content (AvgIpc) is 2.28. The molecule has 2 rings (SSSR count). The fourth-order valence-electron chi connectivity index (χ4n) is 0.755. The van der Waals surface area contributed by atoms with Gasteiger partial charge in [-0.05, 0) is 10.8 Å². The molecule has 4 nitrogen and oxygen atoms in total. The molecule has 0 saturated heterocycles. The molecule has 1 aromatic rings. The molecule has 1 aliphatic heterocycles. The van der Waals surface area contributed by atoms with Gasteiger partial charge in [-0.2, -0.15) is 4.83 Å². The van der Waals surface area contributed by atoms with Crippen LogP contribution in [0.2, 0.25) is 0 Å². The minimum absolute atomic E-state index is 0.725. The van der Waals surface area contributed by atoms with Gasteiger partial charge >= 0.3 is 0 Å². The van der Waals surface area contributed by atoms with Crippen molar-refractivity contribution in [3.8, 4) is 0 Å². The summed E-state index contributed by atoms with van der Waals surface area (Å²) in [4.78, 5) is 11.3. The van der Waals surface area contributed by atoms with Crippen LogP contribution in [0.1, 0.15) is 5.69 Å². The second kappa shape index (κ2) is 3.40. The van der Waals surface area contributed by atoms with Crippen LogP contribution in [0.3, 0.4) is 0 Å². The largest absolute Gasteiger partial charge is 0.255 e. The fraction of sp³-hybridized carbons (Fsp3) is 0.200. The van der Waals surface area contributed by atoms with E-state index in [9.17, 15) is 0 Å². The van der Waals surface area contributed by atoms with E-state index in [0.717, 1.165) is 17.3 Å². The quantitative estimate of drug-likeness (QED) is 0.460. The van der Waals surface area contributed by atoms with Crippen molar-refractivity contribution in [2.24, 2.45) is 0 Å². The molecule has 0 bridgehead atoms. The first kappa shape index (κ1) is 7.35. The van der Waals surface area contributed by atoms with Crippen LogP contribution >= 0.6 is 21.8 Å². The number of nitrogens with zero attached hydrogens (tertiary/aromatic N) is 2. The molecule has 0 spiro atoms. The molecule has 0 saturated carbocycles. The molecule has 0 atom stereocenters. The van der Waals surface area contributed by atoms with E-state index in [1.165, 1.54) is 11.0 Å². The van der Waals surface area contributed by atoms with Crippen LogP contribution in [0.4, 0.5) is 0 Å². The van der Waals surface area contributed by atoms with Gasteiger partial charge in [0, 0.05) is 23.4 Å². The molecule has 0 amide bonds. The highest BCUT2D eigenvalue weighted by Gasteiger charge is 2.08. The molecule has 1 aliphatic rings. The zero-order chi connectivity index (χ0) is 7.52. The van der Waals surface area contributed by atoms with Gasteiger partial charge < -0.3 is 0 Å². The molecule has 0 aliphatic carbocycles. The highest BCUT2D eigenvalue weighted by atomic mass is 33.1. The number of hydrogen-bond donors (Lipinski definition) is 2. The zero-order valence-electron chi connectivity index (χ0n) is 5.57. The Morgan fingerprint density at radius 2 is 2.27 bits per heavy atom. The van der Waals surface area contributed by atoms with E-state index in [1.807, 2.05) is 0 Å². The van der Waals surface area contributed by atoms with Crippen molar-refractivity contribution in [2.45, 2.75) is 11.6 Å². The van der Waals surface area contributed by atoms with Gasteiger partial charge in [-0.3, -0.25) is 4.98 Å². The van der Waals surface area contributed by atoms with Crippen LogP contribution in [-0.4, -0.2) is 9.97 Å². The molecule has 2 heterocycles. The van der Waals surface area contributed by atoms with Gasteiger partial charge in [0.25, 0.3) is 0 Å². The van der Waals surface area contributed by atoms with Gasteiger partial charge in [0.2, 0.25) is 0 Å². The van der Waals surface area contributed by atoms with Crippen molar-refractivity contribution >= 4 is 21.8 Å². The first-order valence-corrected chi connectivity index (χ1v) is 5.23. The molecule has 0 fully saturated rings. The Kier molecular flexibility index (Phi) is 2.27. The maximum atomic E-state index is 4.18. The summed E-state index contributed by atoms with van der Waals surface area (Å²) in [5.41, 5.74) is 3.99. The van der Waals surface area contributed by atoms with Gasteiger partial charge in [0.15, 0.2) is 0 Å². The predicted octanol–water partition coefficient (Wildman–Crippen LogP) is 0.740. The van der Waals surface area contributed by atoms with Crippen molar-refractivity contribution in [1.29, 1.82) is 0 Å². The third-order valence-electron chi connectivity index (χ3n) is 1.23. The molecular formula is C5H6N4S2. The minimum Gasteiger partial charge on any atom is -0.255 e. The van der Waals surface area contributed by atoms with Crippen LogP contribution in [-0.2, 0) is 6.54 Å². The maximum absolute atomic E-state index is 4.18. The Hall–Kier alpha value is -0.300. The molecule has 0 unspecified atom stereocenters. The summed E-state index contributed by atoms with van der Waals surface area (Å²) in [5, 5.41) is 0.981. The highest BCUT2D eigenvalue weighted by molar-refractivity contribution is 8.76. The number of hydrogen-bond acceptors (Lipinski definition) is 6. The smallest absolute Gasteiger partial charge is 0.131 e. The SMILES string of the molecule is c1cnc2c(n1)CNNSS2. The van der Waals surface area contributed by atoms with E-state index in [1.54, 1.807) is 23.2 Å². The lowest BCUT2D eigenvalue weighted by molar-refractivity contribution is 0.661. The molecule has 58 valence electrons. The van der Waals surface area contributed by atoms with Crippen LogP contribution in [0.25, 0.3) is 0 Å². The number of fused-ring (bicyclic) bond motifs is 1. The summed E-state index contributed by atoms with van der Waals surface area (Å²) >= 11 is 0. The lowest BCUT2D eigenvalue weighted by Gasteiger charge is -1.97. The average molecular weight is 186 g/mol. The second-order valence-corrected chi connectivity index (χ2v) is 3.85. The number of nitrogens with one attached hydrogen (secondary N) is 2. The zero-order valence-corrected chi connectivity index (χ0v) is 7.21. The van der Waals surface area contributed by atoms with E-state index in [-0.39, 0.29) is 0 Å². The lowest BCUT2D eigenvalue weighted by Crippen LogP contribution is -2.22. The van der Waals surface area contributed by atoms with Gasteiger partial charge in [-0.25, -0.2) is 10.4 Å². The fourth-order valence-corrected chi connectivity index (χ4v) is 2.29. The van der Waals surface area contributed by atoms with E-state index in [4.69, 9.17) is 0 Å². The van der Waals surface area contributed by atoms with E-state index >= 15 is 0 Å². The Morgan fingerprint density at radius 3 is 3.27 bits per heavy atom. The normalized spacial score (nSPS) is 17.1. The minimum atomic E-state index is 0.725. The first-order chi connectivity index (χ1) is 5.47. The summed E-state index contributed by atoms with van der Waals surface area (Å²) in [6.07, 6.45) is 3.41. The monoisotopic (exact) mass is 186 g/mol. The third kappa shape index (κ3) is 1.64. The molecular weight excluding hydrogens is 180 g/mol. The lowest BCUT2D eigenvalue weighted by atomic mass is 10.4. The van der Waals surface area contributed by atoms with Gasteiger partial charge in [-0.15, -0.1) is 0 Å². The van der Waals surface area contributed by atoms with Crippen molar-refractivity contribution in [2.75, 3.05) is 0 Å². The van der Waals surface area contributed by atoms with E-state index in [0.29, 0.717) is 0 Å². The van der Waals surface area contributed by atoms with Crippen molar-refractivity contribution < 1.29 is 0 Å². The highest BCUT2D eigenvalue weighted by Crippen LogP contribution is 2.29. The number of hydrazine groups is 1. The summed E-state index contributed by atoms with van der Waals surface area (Å²) in [5.74, 6) is 0. The Morgan fingerprint density at radius 1 is 1.36 bits per heavy atom. The van der Waals surface area contributed by atoms with Gasteiger partial charge in [-0.1, -0.05) is 0 Å². The molecule has 0 radical (unpaired) electrons. The topological polar surface area (TPSA) is 49.8 Å². The third-order valence-corrected chi connectivity index (χ3v) is 3.01. The van der Waals surface area contributed by atoms with Gasteiger partial charge in [0.1, 0.15) is 5.03 Å². The standard InChI is InChI=1S/C5H6N4S2/c1-2-7-5-4(6-1)3-8-9-11-10-5/h1-2,8-9H,3H2. The van der Waals surface area contributed by atoms with Crippen molar-refractivity contribution in [3.05, 3.63) is 18.1 Å². The first-order valence-electron chi connectivity index (χ1n) is 3.08. The molecule has 11 heavy (non-hydrogen) atoms. The maximum Gasteiger partial charge on any atom is 0.131 e. The number of aromatic nitrogens is 2. The Balaban J connectivity index is 2.33. The van der Waals surface area contributed by atoms with Gasteiger partial charge in [0.05, 0.1) is 12.2 Å². The van der Waals surface area contributed by atoms with Crippen molar-refractivity contribution in [3.63, 3.8) is 0 Å². The van der Waals surface area contributed by atoms with Crippen LogP contribution in [0.15, 0.2) is 17.4 Å². The second-order valence-electron chi connectivity index (χ2n) is 1.93. The summed E-state index contributed by atoms with van der Waals surface area (Å²) in [6.45, 7) is 0.725. The Bertz CT molecular complexity index is 229. The number of rotatable bonds is 0. The predicted molar refractivity (Wildman–Crippen MR) is 45.5 cm³/mol. The molecule has 1 aromatic heterocycles. The van der Waals surface area contributed by atoms with Crippen LogP contribution < -0.4 is 10.3 Å². The van der Waals surface area contributed by atoms with E-state index in [2.05, 4.69) is 20.2 Å². The van der Waals surface area contributed by atoms with Crippen LogP contribution in [0.5, 0.6) is 0 Å². The molecule has 2 N–H and O–H groups in total. The summed E-state index contributed by atoms with van der Waals surface area (Å²) in [7, 11) is 3.09. The Labute approximate surface area is 72.1 Å². The summed E-state index contributed by atoms with van der Waals surface area (Å²) < 4.78 is 0. The molecule has 0 aromatic carbocycles. The summed E-state index contributed by atoms with van der Waals surface area (Å²) in [6, 6.07) is 0.